The molecule has 0 N–H and O–H groups in total. The molecule has 0 fully saturated rings. The van der Waals surface area contributed by atoms with Crippen molar-refractivity contribution >= 4 is 11.9 Å². The van der Waals surface area contributed by atoms with E-state index < -0.39 is 6.04 Å². The van der Waals surface area contributed by atoms with Crippen LogP contribution in [0.5, 0.6) is 0 Å². The standard InChI is InChI=1S/C16H13N3O/c17-19-18-15(12-11-13-7-3-1-4-8-13)16(20)14-9-5-2-6-10-14/h1-12,15H/b12-11+. The van der Waals surface area contributed by atoms with Crippen LogP contribution in [-0.4, -0.2) is 11.8 Å². The normalized spacial score (nSPS) is 11.8. The Morgan fingerprint density at radius 2 is 1.65 bits per heavy atom. The molecule has 4 heteroatoms. The van der Waals surface area contributed by atoms with Crippen LogP contribution in [0.25, 0.3) is 16.5 Å². The molecular weight excluding hydrogens is 250 g/mol. The SMILES string of the molecule is [N-]=[N+]=NC(/C=C/c1ccccc1)C(=O)c1ccccc1. The van der Waals surface area contributed by atoms with E-state index in [4.69, 9.17) is 5.53 Å². The van der Waals surface area contributed by atoms with Crippen molar-refractivity contribution in [2.24, 2.45) is 5.11 Å². The fourth-order valence-electron chi connectivity index (χ4n) is 1.77. The molecule has 0 radical (unpaired) electrons. The Morgan fingerprint density at radius 1 is 1.05 bits per heavy atom. The van der Waals surface area contributed by atoms with Gasteiger partial charge in [-0.15, -0.1) is 0 Å². The number of nitrogens with zero attached hydrogens (tertiary/aromatic N) is 3. The summed E-state index contributed by atoms with van der Waals surface area (Å²) in [5.74, 6) is -0.212. The Labute approximate surface area is 117 Å². The van der Waals surface area contributed by atoms with Gasteiger partial charge < -0.3 is 0 Å². The van der Waals surface area contributed by atoms with Crippen molar-refractivity contribution < 1.29 is 4.79 Å². The number of benzene rings is 2. The van der Waals surface area contributed by atoms with Gasteiger partial charge in [-0.25, -0.2) is 0 Å². The summed E-state index contributed by atoms with van der Waals surface area (Å²) in [6.07, 6.45) is 3.39. The Kier molecular flexibility index (Phi) is 4.70. The van der Waals surface area contributed by atoms with Crippen molar-refractivity contribution in [3.8, 4) is 0 Å². The van der Waals surface area contributed by atoms with E-state index in [9.17, 15) is 4.79 Å². The van der Waals surface area contributed by atoms with Crippen molar-refractivity contribution in [1.82, 2.24) is 0 Å². The summed E-state index contributed by atoms with van der Waals surface area (Å²) < 4.78 is 0. The molecule has 4 nitrogen and oxygen atoms in total. The number of hydrogen-bond acceptors (Lipinski definition) is 2. The van der Waals surface area contributed by atoms with Crippen LogP contribution < -0.4 is 0 Å². The van der Waals surface area contributed by atoms with Crippen LogP contribution in [0.3, 0.4) is 0 Å². The van der Waals surface area contributed by atoms with Crippen LogP contribution in [0.1, 0.15) is 15.9 Å². The minimum atomic E-state index is -0.831. The number of azide groups is 1. The maximum Gasteiger partial charge on any atom is 0.175 e. The van der Waals surface area contributed by atoms with Crippen LogP contribution in [0, 0.1) is 0 Å². The van der Waals surface area contributed by atoms with Gasteiger partial charge in [-0.3, -0.25) is 4.79 Å². The second-order valence-electron chi connectivity index (χ2n) is 4.15. The maximum absolute atomic E-state index is 12.2. The van der Waals surface area contributed by atoms with Crippen molar-refractivity contribution in [3.05, 3.63) is 88.3 Å². The molecule has 1 atom stereocenters. The first-order chi connectivity index (χ1) is 9.81. The van der Waals surface area contributed by atoms with E-state index >= 15 is 0 Å². The second-order valence-corrected chi connectivity index (χ2v) is 4.15. The monoisotopic (exact) mass is 263 g/mol. The van der Waals surface area contributed by atoms with Crippen LogP contribution in [0.2, 0.25) is 0 Å². The molecule has 2 rings (SSSR count). The Bertz CT molecular complexity index is 644. The number of hydrogen-bond donors (Lipinski definition) is 0. The molecule has 0 aliphatic heterocycles. The predicted octanol–water partition coefficient (Wildman–Crippen LogP) is 4.26. The first-order valence-corrected chi connectivity index (χ1v) is 6.18. The summed E-state index contributed by atoms with van der Waals surface area (Å²) >= 11 is 0. The van der Waals surface area contributed by atoms with Crippen molar-refractivity contribution in [1.29, 1.82) is 0 Å². The second kappa shape index (κ2) is 6.92. The van der Waals surface area contributed by atoms with Crippen LogP contribution in [0.15, 0.2) is 71.9 Å². The molecule has 2 aromatic rings. The fourth-order valence-corrected chi connectivity index (χ4v) is 1.77. The lowest BCUT2D eigenvalue weighted by atomic mass is 10.0. The smallest absolute Gasteiger partial charge is 0.175 e. The number of ketones is 1. The lowest BCUT2D eigenvalue weighted by molar-refractivity contribution is 0.0978. The molecule has 0 aliphatic rings. The highest BCUT2D eigenvalue weighted by atomic mass is 16.1. The zero-order valence-corrected chi connectivity index (χ0v) is 10.8. The molecule has 20 heavy (non-hydrogen) atoms. The molecule has 0 aliphatic carbocycles. The molecule has 0 amide bonds. The summed E-state index contributed by atoms with van der Waals surface area (Å²) in [6, 6.07) is 17.5. The lowest BCUT2D eigenvalue weighted by Crippen LogP contribution is -2.15. The first kappa shape index (κ1) is 13.6. The first-order valence-electron chi connectivity index (χ1n) is 6.18. The quantitative estimate of drug-likeness (QED) is 0.344. The molecule has 0 bridgehead atoms. The van der Waals surface area contributed by atoms with E-state index in [1.165, 1.54) is 0 Å². The van der Waals surface area contributed by atoms with E-state index in [0.717, 1.165) is 5.56 Å². The average Bonchev–Trinajstić information content (AvgIpc) is 2.52. The third-order valence-electron chi connectivity index (χ3n) is 2.77. The highest BCUT2D eigenvalue weighted by molar-refractivity contribution is 6.01. The molecule has 0 heterocycles. The van der Waals surface area contributed by atoms with Crippen molar-refractivity contribution in [3.63, 3.8) is 0 Å². The number of carbonyl (C=O) groups excluding carboxylic acids is 1. The van der Waals surface area contributed by atoms with E-state index in [1.54, 1.807) is 36.4 Å². The molecule has 2 aromatic carbocycles. The number of Topliss-reactive ketones (excluding diaryl/α,β-unsaturated/α-hetero) is 1. The van der Waals surface area contributed by atoms with E-state index in [1.807, 2.05) is 36.4 Å². The lowest BCUT2D eigenvalue weighted by Gasteiger charge is -2.05. The highest BCUT2D eigenvalue weighted by Gasteiger charge is 2.15. The molecule has 0 aromatic heterocycles. The van der Waals surface area contributed by atoms with Crippen molar-refractivity contribution in [2.75, 3.05) is 0 Å². The number of rotatable bonds is 5. The minimum Gasteiger partial charge on any atom is -0.293 e. The van der Waals surface area contributed by atoms with E-state index in [2.05, 4.69) is 10.0 Å². The molecular formula is C16H13N3O. The van der Waals surface area contributed by atoms with Gasteiger partial charge in [0.05, 0.1) is 0 Å². The summed E-state index contributed by atoms with van der Waals surface area (Å²) in [5, 5.41) is 3.56. The molecule has 0 saturated carbocycles. The Morgan fingerprint density at radius 3 is 2.25 bits per heavy atom. The molecule has 0 spiro atoms. The highest BCUT2D eigenvalue weighted by Crippen LogP contribution is 2.10. The third kappa shape index (κ3) is 3.57. The molecule has 98 valence electrons. The predicted molar refractivity (Wildman–Crippen MR) is 79.2 cm³/mol. The van der Waals surface area contributed by atoms with Gasteiger partial charge in [0, 0.05) is 10.5 Å². The third-order valence-corrected chi connectivity index (χ3v) is 2.77. The summed E-state index contributed by atoms with van der Waals surface area (Å²) in [4.78, 5) is 15.0. The average molecular weight is 263 g/mol. The zero-order valence-electron chi connectivity index (χ0n) is 10.8. The summed E-state index contributed by atoms with van der Waals surface area (Å²) in [5.41, 5.74) is 10.1. The molecule has 0 saturated heterocycles. The van der Waals surface area contributed by atoms with Gasteiger partial charge in [-0.2, -0.15) is 0 Å². The molecule has 1 unspecified atom stereocenters. The fraction of sp³-hybridized carbons (Fsp3) is 0.0625. The Balaban J connectivity index is 2.22. The summed E-state index contributed by atoms with van der Waals surface area (Å²) in [7, 11) is 0. The zero-order chi connectivity index (χ0) is 14.2. The van der Waals surface area contributed by atoms with Gasteiger partial charge in [0.1, 0.15) is 6.04 Å². The van der Waals surface area contributed by atoms with Gasteiger partial charge in [0.25, 0.3) is 0 Å². The maximum atomic E-state index is 12.2. The van der Waals surface area contributed by atoms with Crippen molar-refractivity contribution in [2.45, 2.75) is 6.04 Å². The minimum absolute atomic E-state index is 0.212. The number of carbonyl (C=O) groups is 1. The summed E-state index contributed by atoms with van der Waals surface area (Å²) in [6.45, 7) is 0. The van der Waals surface area contributed by atoms with Gasteiger partial charge in [-0.1, -0.05) is 77.9 Å². The van der Waals surface area contributed by atoms with Crippen LogP contribution in [-0.2, 0) is 0 Å². The van der Waals surface area contributed by atoms with Gasteiger partial charge in [0.2, 0.25) is 0 Å². The van der Waals surface area contributed by atoms with Crippen LogP contribution in [0.4, 0.5) is 0 Å². The van der Waals surface area contributed by atoms with Gasteiger partial charge in [-0.05, 0) is 11.1 Å². The topological polar surface area (TPSA) is 65.8 Å². The van der Waals surface area contributed by atoms with Gasteiger partial charge >= 0.3 is 0 Å². The van der Waals surface area contributed by atoms with E-state index in [0.29, 0.717) is 5.56 Å². The van der Waals surface area contributed by atoms with Crippen LogP contribution >= 0.6 is 0 Å². The van der Waals surface area contributed by atoms with E-state index in [-0.39, 0.29) is 5.78 Å². The largest absolute Gasteiger partial charge is 0.293 e. The Hall–Kier alpha value is -2.84. The van der Waals surface area contributed by atoms with Gasteiger partial charge in [0.15, 0.2) is 5.78 Å².